The molecule has 1 aliphatic carbocycles. The van der Waals surface area contributed by atoms with Crippen molar-refractivity contribution in [2.45, 2.75) is 32.8 Å². The van der Waals surface area contributed by atoms with Gasteiger partial charge in [0.05, 0.1) is 17.6 Å². The summed E-state index contributed by atoms with van der Waals surface area (Å²) in [5, 5.41) is 14.7. The number of carbonyl (C=O) groups is 3. The van der Waals surface area contributed by atoms with Crippen LogP contribution in [0.25, 0.3) is 0 Å². The van der Waals surface area contributed by atoms with Gasteiger partial charge in [-0.25, -0.2) is 4.79 Å². The molecule has 0 radical (unpaired) electrons. The Morgan fingerprint density at radius 2 is 1.86 bits per heavy atom. The Balaban J connectivity index is 1.80. The summed E-state index contributed by atoms with van der Waals surface area (Å²) in [7, 11) is 1.22. The zero-order valence-corrected chi connectivity index (χ0v) is 20.1. The molecule has 1 heterocycles. The topological polar surface area (TPSA) is 125 Å². The molecule has 4 rings (SSSR count). The van der Waals surface area contributed by atoms with Crippen LogP contribution >= 0.6 is 0 Å². The van der Waals surface area contributed by atoms with E-state index in [0.717, 1.165) is 5.56 Å². The third-order valence-electron chi connectivity index (χ3n) is 6.59. The molecule has 0 fully saturated rings. The van der Waals surface area contributed by atoms with Gasteiger partial charge in [0.15, 0.2) is 5.78 Å². The highest BCUT2D eigenvalue weighted by molar-refractivity contribution is 6.12. The van der Waals surface area contributed by atoms with Crippen molar-refractivity contribution in [3.05, 3.63) is 98.4 Å². The minimum atomic E-state index is -1.04. The lowest BCUT2D eigenvalue weighted by Gasteiger charge is -2.38. The molecule has 3 atom stereocenters. The standard InChI is InChI=1S/C27H26N2O7/c1-15-12-20-24(25(30)21(15)26(31)35-3)23(18-10-7-11-19(13-18)29(33)34)22(16(2)28-20)27(32)36-14-17-8-5-4-6-9-17/h4-11,13,15,21,23,28H,12,14H2,1-3H3/t15-,21+,23+/m0/s1. The van der Waals surface area contributed by atoms with Crippen LogP contribution in [-0.2, 0) is 30.5 Å². The van der Waals surface area contributed by atoms with Crippen LogP contribution in [0.4, 0.5) is 5.69 Å². The van der Waals surface area contributed by atoms with Crippen LogP contribution in [0.15, 0.2) is 77.1 Å². The smallest absolute Gasteiger partial charge is 0.337 e. The van der Waals surface area contributed by atoms with Gasteiger partial charge >= 0.3 is 11.9 Å². The van der Waals surface area contributed by atoms with Crippen LogP contribution < -0.4 is 5.32 Å². The van der Waals surface area contributed by atoms with E-state index in [2.05, 4.69) is 5.32 Å². The number of ketones is 1. The summed E-state index contributed by atoms with van der Waals surface area (Å²) in [6, 6.07) is 15.0. The summed E-state index contributed by atoms with van der Waals surface area (Å²) in [5.41, 5.74) is 2.45. The molecule has 1 aliphatic heterocycles. The predicted molar refractivity (Wildman–Crippen MR) is 129 cm³/mol. The number of rotatable bonds is 6. The Labute approximate surface area is 207 Å². The highest BCUT2D eigenvalue weighted by Gasteiger charge is 2.47. The number of nitrogens with zero attached hydrogens (tertiary/aromatic N) is 1. The second kappa shape index (κ2) is 10.2. The molecule has 9 heteroatoms. The lowest BCUT2D eigenvalue weighted by molar-refractivity contribution is -0.384. The summed E-state index contributed by atoms with van der Waals surface area (Å²) in [5.74, 6) is -4.11. The maximum atomic E-state index is 13.7. The van der Waals surface area contributed by atoms with E-state index in [1.807, 2.05) is 30.3 Å². The second-order valence-electron chi connectivity index (χ2n) is 8.95. The van der Waals surface area contributed by atoms with Gasteiger partial charge in [-0.2, -0.15) is 0 Å². The van der Waals surface area contributed by atoms with E-state index in [1.54, 1.807) is 19.9 Å². The zero-order valence-electron chi connectivity index (χ0n) is 20.1. The first-order valence-corrected chi connectivity index (χ1v) is 11.5. The van der Waals surface area contributed by atoms with Gasteiger partial charge in [0.2, 0.25) is 0 Å². The molecule has 0 spiro atoms. The number of dihydropyridines is 1. The molecule has 0 amide bonds. The summed E-state index contributed by atoms with van der Waals surface area (Å²) in [6.45, 7) is 3.50. The number of nitrogens with one attached hydrogen (secondary N) is 1. The Bertz CT molecular complexity index is 1300. The molecule has 1 N–H and O–H groups in total. The molecule has 0 aromatic heterocycles. The van der Waals surface area contributed by atoms with Gasteiger partial charge < -0.3 is 14.8 Å². The largest absolute Gasteiger partial charge is 0.468 e. The Kier molecular flexibility index (Phi) is 7.00. The minimum Gasteiger partial charge on any atom is -0.468 e. The van der Waals surface area contributed by atoms with Crippen molar-refractivity contribution in [2.75, 3.05) is 7.11 Å². The fraction of sp³-hybridized carbons (Fsp3) is 0.296. The van der Waals surface area contributed by atoms with Crippen LogP contribution in [0.3, 0.4) is 0 Å². The van der Waals surface area contributed by atoms with Crippen LogP contribution in [0.1, 0.15) is 37.3 Å². The van der Waals surface area contributed by atoms with Crippen molar-refractivity contribution in [3.63, 3.8) is 0 Å². The van der Waals surface area contributed by atoms with Crippen molar-refractivity contribution in [3.8, 4) is 0 Å². The number of methoxy groups -OCH3 is 1. The van der Waals surface area contributed by atoms with Gasteiger partial charge in [-0.3, -0.25) is 19.7 Å². The molecular weight excluding hydrogens is 464 g/mol. The number of ether oxygens (including phenoxy) is 2. The maximum absolute atomic E-state index is 13.7. The summed E-state index contributed by atoms with van der Waals surface area (Å²) in [6.07, 6.45) is 0.371. The first-order chi connectivity index (χ1) is 17.2. The molecule has 36 heavy (non-hydrogen) atoms. The van der Waals surface area contributed by atoms with Gasteiger partial charge in [0.1, 0.15) is 12.5 Å². The number of benzene rings is 2. The average molecular weight is 491 g/mol. The van der Waals surface area contributed by atoms with Crippen molar-refractivity contribution in [1.29, 1.82) is 0 Å². The van der Waals surface area contributed by atoms with E-state index in [1.165, 1.54) is 25.3 Å². The summed E-state index contributed by atoms with van der Waals surface area (Å²) in [4.78, 5) is 50.6. The maximum Gasteiger partial charge on any atom is 0.337 e. The molecular formula is C27H26N2O7. The fourth-order valence-corrected chi connectivity index (χ4v) is 4.90. The molecule has 0 saturated heterocycles. The van der Waals surface area contributed by atoms with Crippen molar-refractivity contribution in [2.24, 2.45) is 11.8 Å². The number of hydrogen-bond donors (Lipinski definition) is 1. The minimum absolute atomic E-state index is 0.0137. The molecule has 0 saturated carbocycles. The molecule has 186 valence electrons. The highest BCUT2D eigenvalue weighted by Crippen LogP contribution is 2.46. The van der Waals surface area contributed by atoms with E-state index in [0.29, 0.717) is 23.4 Å². The molecule has 9 nitrogen and oxygen atoms in total. The molecule has 2 aliphatic rings. The van der Waals surface area contributed by atoms with Crippen LogP contribution in [0.2, 0.25) is 0 Å². The first-order valence-electron chi connectivity index (χ1n) is 11.5. The summed E-state index contributed by atoms with van der Waals surface area (Å²) < 4.78 is 10.5. The third-order valence-corrected chi connectivity index (χ3v) is 6.59. The van der Waals surface area contributed by atoms with E-state index >= 15 is 0 Å². The first kappa shape index (κ1) is 24.8. The van der Waals surface area contributed by atoms with Gasteiger partial charge in [0, 0.05) is 35.0 Å². The van der Waals surface area contributed by atoms with E-state index < -0.39 is 34.5 Å². The number of carbonyl (C=O) groups excluding carboxylic acids is 3. The van der Waals surface area contributed by atoms with Crippen molar-refractivity contribution in [1.82, 2.24) is 5.32 Å². The van der Waals surface area contributed by atoms with E-state index in [-0.39, 0.29) is 29.4 Å². The predicted octanol–water partition coefficient (Wildman–Crippen LogP) is 3.95. The number of Topliss-reactive ketones (excluding diaryl/α,β-unsaturated/α-hetero) is 1. The molecule has 0 unspecified atom stereocenters. The summed E-state index contributed by atoms with van der Waals surface area (Å²) >= 11 is 0. The lowest BCUT2D eigenvalue weighted by Crippen LogP contribution is -2.43. The van der Waals surface area contributed by atoms with Gasteiger partial charge in [-0.15, -0.1) is 0 Å². The van der Waals surface area contributed by atoms with E-state index in [4.69, 9.17) is 9.47 Å². The number of esters is 2. The lowest BCUT2D eigenvalue weighted by atomic mass is 9.69. The van der Waals surface area contributed by atoms with Gasteiger partial charge in [0.25, 0.3) is 5.69 Å². The number of non-ortho nitro benzene ring substituents is 1. The molecule has 2 aromatic carbocycles. The van der Waals surface area contributed by atoms with Crippen LogP contribution in [-0.4, -0.2) is 29.8 Å². The van der Waals surface area contributed by atoms with Gasteiger partial charge in [-0.05, 0) is 30.4 Å². The van der Waals surface area contributed by atoms with Crippen molar-refractivity contribution >= 4 is 23.4 Å². The highest BCUT2D eigenvalue weighted by atomic mass is 16.6. The number of nitro benzene ring substituents is 1. The quantitative estimate of drug-likeness (QED) is 0.279. The average Bonchev–Trinajstić information content (AvgIpc) is 2.86. The number of hydrogen-bond acceptors (Lipinski definition) is 8. The molecule has 2 aromatic rings. The van der Waals surface area contributed by atoms with E-state index in [9.17, 15) is 24.5 Å². The monoisotopic (exact) mass is 490 g/mol. The molecule has 0 bridgehead atoms. The van der Waals surface area contributed by atoms with Crippen LogP contribution in [0, 0.1) is 22.0 Å². The third kappa shape index (κ3) is 4.64. The Morgan fingerprint density at radius 3 is 2.53 bits per heavy atom. The van der Waals surface area contributed by atoms with Crippen LogP contribution in [0.5, 0.6) is 0 Å². The fourth-order valence-electron chi connectivity index (χ4n) is 4.90. The normalized spacial score (nSPS) is 21.4. The Hall–Kier alpha value is -4.27. The Morgan fingerprint density at radius 1 is 1.14 bits per heavy atom. The SMILES string of the molecule is COC(=O)[C@H]1C(=O)C2=C(C[C@@H]1C)NC(C)=C(C(=O)OCc1ccccc1)[C@H]2c1cccc([N+](=O)[O-])c1. The van der Waals surface area contributed by atoms with Gasteiger partial charge in [-0.1, -0.05) is 49.4 Å². The number of nitro groups is 1. The van der Waals surface area contributed by atoms with Crippen molar-refractivity contribution < 1.29 is 28.8 Å². The second-order valence-corrected chi connectivity index (χ2v) is 8.95. The number of allylic oxidation sites excluding steroid dienone is 3. The zero-order chi connectivity index (χ0) is 26.0.